The molecule has 0 spiro atoms. The minimum absolute atomic E-state index is 0.643. The summed E-state index contributed by atoms with van der Waals surface area (Å²) in [5, 5.41) is 5.05. The Bertz CT molecular complexity index is 615. The van der Waals surface area contributed by atoms with Crippen LogP contribution in [-0.4, -0.2) is 42.1 Å². The number of benzene rings is 1. The fraction of sp³-hybridized carbons (Fsp3) is 0.444. The summed E-state index contributed by atoms with van der Waals surface area (Å²) in [7, 11) is 0. The number of H-pyrrole nitrogens is 1. The molecule has 0 bridgehead atoms. The Morgan fingerprint density at radius 1 is 1.29 bits per heavy atom. The first-order valence-electron chi connectivity index (χ1n) is 7.81. The van der Waals surface area contributed by atoms with Crippen LogP contribution in [0.25, 0.3) is 10.9 Å². The molecule has 110 valence electrons. The highest BCUT2D eigenvalue weighted by Crippen LogP contribution is 2.18. The number of nitrogens with one attached hydrogen (secondary N) is 2. The fourth-order valence-corrected chi connectivity index (χ4v) is 3.17. The summed E-state index contributed by atoms with van der Waals surface area (Å²) in [6.07, 6.45) is 11.0. The minimum Gasteiger partial charge on any atom is -0.361 e. The monoisotopic (exact) mass is 281 g/mol. The highest BCUT2D eigenvalue weighted by atomic mass is 15.1. The number of hydrogen-bond donors (Lipinski definition) is 2. The molecule has 0 aliphatic carbocycles. The summed E-state index contributed by atoms with van der Waals surface area (Å²) in [5.41, 5.74) is 2.64. The van der Waals surface area contributed by atoms with E-state index in [0.717, 1.165) is 32.6 Å². The first-order valence-corrected chi connectivity index (χ1v) is 7.81. The first-order chi connectivity index (χ1) is 10.4. The molecule has 2 N–H and O–H groups in total. The van der Waals surface area contributed by atoms with Crippen LogP contribution in [0.2, 0.25) is 0 Å². The van der Waals surface area contributed by atoms with Gasteiger partial charge >= 0.3 is 0 Å². The SMILES string of the molecule is C#CCN1CCC(NCCc2c[nH]c3ccccc23)CC1. The number of para-hydroxylation sites is 1. The molecule has 3 nitrogen and oxygen atoms in total. The van der Waals surface area contributed by atoms with Gasteiger partial charge < -0.3 is 10.3 Å². The average molecular weight is 281 g/mol. The summed E-state index contributed by atoms with van der Waals surface area (Å²) in [6, 6.07) is 9.15. The van der Waals surface area contributed by atoms with Gasteiger partial charge in [0.1, 0.15) is 0 Å². The lowest BCUT2D eigenvalue weighted by atomic mass is 10.0. The van der Waals surface area contributed by atoms with Crippen LogP contribution in [-0.2, 0) is 6.42 Å². The van der Waals surface area contributed by atoms with Crippen LogP contribution in [0.15, 0.2) is 30.5 Å². The van der Waals surface area contributed by atoms with Crippen molar-refractivity contribution in [1.82, 2.24) is 15.2 Å². The third-order valence-electron chi connectivity index (χ3n) is 4.40. The number of terminal acetylenes is 1. The van der Waals surface area contributed by atoms with Crippen molar-refractivity contribution in [1.29, 1.82) is 0 Å². The molecule has 1 aromatic carbocycles. The van der Waals surface area contributed by atoms with Gasteiger partial charge in [0.25, 0.3) is 0 Å². The van der Waals surface area contributed by atoms with Crippen molar-refractivity contribution in [2.75, 3.05) is 26.2 Å². The lowest BCUT2D eigenvalue weighted by Crippen LogP contribution is -2.43. The minimum atomic E-state index is 0.643. The Balaban J connectivity index is 1.46. The Morgan fingerprint density at radius 2 is 2.10 bits per heavy atom. The molecule has 21 heavy (non-hydrogen) atoms. The van der Waals surface area contributed by atoms with Crippen molar-refractivity contribution < 1.29 is 0 Å². The van der Waals surface area contributed by atoms with Crippen molar-refractivity contribution in [2.45, 2.75) is 25.3 Å². The highest BCUT2D eigenvalue weighted by Gasteiger charge is 2.17. The quantitative estimate of drug-likeness (QED) is 0.825. The Morgan fingerprint density at radius 3 is 2.90 bits per heavy atom. The zero-order chi connectivity index (χ0) is 14.5. The molecule has 0 atom stereocenters. The molecule has 1 fully saturated rings. The van der Waals surface area contributed by atoms with E-state index in [1.165, 1.54) is 29.3 Å². The maximum atomic E-state index is 5.36. The maximum Gasteiger partial charge on any atom is 0.0598 e. The van der Waals surface area contributed by atoms with Gasteiger partial charge in [0.05, 0.1) is 6.54 Å². The van der Waals surface area contributed by atoms with Crippen molar-refractivity contribution >= 4 is 10.9 Å². The van der Waals surface area contributed by atoms with Crippen LogP contribution in [0.5, 0.6) is 0 Å². The molecule has 0 radical (unpaired) electrons. The summed E-state index contributed by atoms with van der Waals surface area (Å²) < 4.78 is 0. The number of aromatic nitrogens is 1. The molecule has 3 heteroatoms. The molecule has 1 saturated heterocycles. The van der Waals surface area contributed by atoms with E-state index in [2.05, 4.69) is 51.6 Å². The fourth-order valence-electron chi connectivity index (χ4n) is 3.17. The number of aromatic amines is 1. The van der Waals surface area contributed by atoms with Gasteiger partial charge in [-0.3, -0.25) is 4.90 Å². The van der Waals surface area contributed by atoms with Crippen molar-refractivity contribution in [3.63, 3.8) is 0 Å². The summed E-state index contributed by atoms with van der Waals surface area (Å²) in [4.78, 5) is 5.70. The molecular weight excluding hydrogens is 258 g/mol. The number of fused-ring (bicyclic) bond motifs is 1. The second kappa shape index (κ2) is 6.80. The average Bonchev–Trinajstić information content (AvgIpc) is 2.93. The lowest BCUT2D eigenvalue weighted by molar-refractivity contribution is 0.218. The molecule has 0 unspecified atom stereocenters. The number of rotatable bonds is 5. The molecule has 2 aromatic rings. The third kappa shape index (κ3) is 3.47. The number of likely N-dealkylation sites (tertiary alicyclic amines) is 1. The smallest absolute Gasteiger partial charge is 0.0598 e. The molecule has 3 rings (SSSR count). The molecule has 1 aliphatic rings. The summed E-state index contributed by atoms with van der Waals surface area (Å²) in [6.45, 7) is 4.08. The summed E-state index contributed by atoms with van der Waals surface area (Å²) in [5.74, 6) is 2.73. The maximum absolute atomic E-state index is 5.36. The summed E-state index contributed by atoms with van der Waals surface area (Å²) >= 11 is 0. The van der Waals surface area contributed by atoms with Crippen molar-refractivity contribution in [2.24, 2.45) is 0 Å². The zero-order valence-corrected chi connectivity index (χ0v) is 12.4. The molecule has 0 saturated carbocycles. The number of nitrogens with zero attached hydrogens (tertiary/aromatic N) is 1. The predicted molar refractivity (Wildman–Crippen MR) is 88.3 cm³/mol. The molecule has 2 heterocycles. The lowest BCUT2D eigenvalue weighted by Gasteiger charge is -2.31. The van der Waals surface area contributed by atoms with Gasteiger partial charge in [0.15, 0.2) is 0 Å². The number of hydrogen-bond acceptors (Lipinski definition) is 2. The van der Waals surface area contributed by atoms with E-state index < -0.39 is 0 Å². The van der Waals surface area contributed by atoms with Crippen LogP contribution in [0, 0.1) is 12.3 Å². The highest BCUT2D eigenvalue weighted by molar-refractivity contribution is 5.83. The van der Waals surface area contributed by atoms with Gasteiger partial charge in [-0.05, 0) is 37.4 Å². The second-order valence-corrected chi connectivity index (χ2v) is 5.82. The first kappa shape index (κ1) is 14.2. The van der Waals surface area contributed by atoms with Crippen molar-refractivity contribution in [3.05, 3.63) is 36.0 Å². The van der Waals surface area contributed by atoms with Crippen LogP contribution >= 0.6 is 0 Å². The van der Waals surface area contributed by atoms with E-state index in [9.17, 15) is 0 Å². The van der Waals surface area contributed by atoms with E-state index in [1.54, 1.807) is 0 Å². The third-order valence-corrected chi connectivity index (χ3v) is 4.40. The van der Waals surface area contributed by atoms with E-state index >= 15 is 0 Å². The zero-order valence-electron chi connectivity index (χ0n) is 12.4. The van der Waals surface area contributed by atoms with Gasteiger partial charge in [0, 0.05) is 36.2 Å². The standard InChI is InChI=1S/C18H23N3/c1-2-11-21-12-8-16(9-13-21)19-10-7-15-14-20-18-6-4-3-5-17(15)18/h1,3-6,14,16,19-20H,7-13H2. The Labute approximate surface area is 126 Å². The topological polar surface area (TPSA) is 31.1 Å². The van der Waals surface area contributed by atoms with Gasteiger partial charge in [-0.1, -0.05) is 24.1 Å². The molecule has 0 amide bonds. The Kier molecular flexibility index (Phi) is 4.59. The number of piperidine rings is 1. The normalized spacial score (nSPS) is 17.1. The van der Waals surface area contributed by atoms with Crippen LogP contribution in [0.3, 0.4) is 0 Å². The van der Waals surface area contributed by atoms with Crippen LogP contribution in [0.4, 0.5) is 0 Å². The Hall–Kier alpha value is -1.76. The van der Waals surface area contributed by atoms with E-state index in [1.807, 2.05) is 0 Å². The van der Waals surface area contributed by atoms with Gasteiger partial charge in [-0.25, -0.2) is 0 Å². The molecule has 1 aliphatic heterocycles. The molecule has 1 aromatic heterocycles. The predicted octanol–water partition coefficient (Wildman–Crippen LogP) is 2.40. The van der Waals surface area contributed by atoms with Gasteiger partial charge in [-0.15, -0.1) is 6.42 Å². The van der Waals surface area contributed by atoms with Crippen molar-refractivity contribution in [3.8, 4) is 12.3 Å². The molecular formula is C18H23N3. The second-order valence-electron chi connectivity index (χ2n) is 5.82. The van der Waals surface area contributed by atoms with E-state index in [0.29, 0.717) is 6.04 Å². The van der Waals surface area contributed by atoms with E-state index in [-0.39, 0.29) is 0 Å². The van der Waals surface area contributed by atoms with E-state index in [4.69, 9.17) is 6.42 Å². The van der Waals surface area contributed by atoms with Gasteiger partial charge in [0.2, 0.25) is 0 Å². The van der Waals surface area contributed by atoms with Crippen LogP contribution in [0.1, 0.15) is 18.4 Å². The largest absolute Gasteiger partial charge is 0.361 e. The van der Waals surface area contributed by atoms with Gasteiger partial charge in [-0.2, -0.15) is 0 Å². The van der Waals surface area contributed by atoms with Crippen LogP contribution < -0.4 is 5.32 Å².